The van der Waals surface area contributed by atoms with Gasteiger partial charge in [0.05, 0.1) is 13.2 Å². The van der Waals surface area contributed by atoms with Gasteiger partial charge in [0.1, 0.15) is 0 Å². The summed E-state index contributed by atoms with van der Waals surface area (Å²) < 4.78 is 5.42. The molecule has 2 aromatic carbocycles. The number of allylic oxidation sites excluding steroid dienone is 1. The van der Waals surface area contributed by atoms with Crippen LogP contribution in [0.2, 0.25) is 0 Å². The van der Waals surface area contributed by atoms with Gasteiger partial charge >= 0.3 is 0 Å². The molecule has 172 valence electrons. The Hall–Kier alpha value is -2.10. The molecule has 1 N–H and O–H groups in total. The van der Waals surface area contributed by atoms with E-state index in [0.717, 1.165) is 39.4 Å². The van der Waals surface area contributed by atoms with Crippen molar-refractivity contribution in [2.24, 2.45) is 0 Å². The lowest BCUT2D eigenvalue weighted by Gasteiger charge is -2.42. The van der Waals surface area contributed by atoms with Gasteiger partial charge in [0.15, 0.2) is 0 Å². The van der Waals surface area contributed by atoms with Crippen molar-refractivity contribution in [3.8, 4) is 0 Å². The molecule has 1 fully saturated rings. The van der Waals surface area contributed by atoms with Crippen LogP contribution in [0.15, 0.2) is 42.5 Å². The third-order valence-corrected chi connectivity index (χ3v) is 7.46. The van der Waals surface area contributed by atoms with E-state index in [0.29, 0.717) is 0 Å². The molecule has 2 aromatic rings. The first-order chi connectivity index (χ1) is 15.2. The maximum absolute atomic E-state index is 5.42. The molecule has 0 radical (unpaired) electrons. The highest BCUT2D eigenvalue weighted by Crippen LogP contribution is 2.46. The molecule has 0 aromatic heterocycles. The number of rotatable bonds is 6. The first kappa shape index (κ1) is 23.1. The van der Waals surface area contributed by atoms with Gasteiger partial charge in [-0.1, -0.05) is 64.1 Å². The lowest BCUT2D eigenvalue weighted by molar-refractivity contribution is 0.0398. The molecule has 3 heteroatoms. The molecule has 32 heavy (non-hydrogen) atoms. The van der Waals surface area contributed by atoms with Crippen molar-refractivity contribution < 1.29 is 4.74 Å². The summed E-state index contributed by atoms with van der Waals surface area (Å²) in [7, 11) is 0. The lowest BCUT2D eigenvalue weighted by Crippen LogP contribution is -2.38. The topological polar surface area (TPSA) is 24.5 Å². The Bertz CT molecular complexity index is 950. The van der Waals surface area contributed by atoms with Crippen LogP contribution in [0.4, 0.5) is 5.69 Å². The number of hydrogen-bond acceptors (Lipinski definition) is 3. The number of benzene rings is 2. The quantitative estimate of drug-likeness (QED) is 0.539. The molecule has 1 heterocycles. The fourth-order valence-corrected chi connectivity index (χ4v) is 5.05. The van der Waals surface area contributed by atoms with Gasteiger partial charge in [-0.2, -0.15) is 0 Å². The van der Waals surface area contributed by atoms with E-state index in [-0.39, 0.29) is 10.8 Å². The van der Waals surface area contributed by atoms with Crippen LogP contribution in [0.3, 0.4) is 0 Å². The predicted molar refractivity (Wildman–Crippen MR) is 137 cm³/mol. The fourth-order valence-electron chi connectivity index (χ4n) is 5.05. The number of anilines is 1. The fraction of sp³-hybridized carbons (Fsp3) is 0.517. The molecule has 0 unspecified atom stereocenters. The minimum absolute atomic E-state index is 0.246. The van der Waals surface area contributed by atoms with E-state index < -0.39 is 0 Å². The first-order valence-corrected chi connectivity index (χ1v) is 12.2. The van der Waals surface area contributed by atoms with E-state index in [1.807, 2.05) is 0 Å². The Labute approximate surface area is 194 Å². The van der Waals surface area contributed by atoms with Gasteiger partial charge in [-0.15, -0.1) is 0 Å². The van der Waals surface area contributed by atoms with E-state index in [1.165, 1.54) is 46.4 Å². The Morgan fingerprint density at radius 2 is 1.59 bits per heavy atom. The molecule has 0 amide bonds. The van der Waals surface area contributed by atoms with Gasteiger partial charge in [0.25, 0.3) is 0 Å². The van der Waals surface area contributed by atoms with Crippen molar-refractivity contribution in [1.29, 1.82) is 0 Å². The summed E-state index contributed by atoms with van der Waals surface area (Å²) in [6.07, 6.45) is 4.81. The number of ether oxygens (including phenoxy) is 1. The van der Waals surface area contributed by atoms with Crippen molar-refractivity contribution in [3.05, 3.63) is 64.7 Å². The van der Waals surface area contributed by atoms with E-state index in [9.17, 15) is 0 Å². The summed E-state index contributed by atoms with van der Waals surface area (Å²) in [5.74, 6) is 0. The van der Waals surface area contributed by atoms with Gasteiger partial charge in [-0.25, -0.2) is 0 Å². The van der Waals surface area contributed by atoms with Crippen LogP contribution in [0.25, 0.3) is 11.6 Å². The van der Waals surface area contributed by atoms with Gasteiger partial charge in [-0.3, -0.25) is 4.90 Å². The summed E-state index contributed by atoms with van der Waals surface area (Å²) in [6, 6.07) is 16.0. The molecule has 4 rings (SSSR count). The molecule has 2 aliphatic rings. The molecule has 0 atom stereocenters. The minimum Gasteiger partial charge on any atom is -0.384 e. The highest BCUT2D eigenvalue weighted by molar-refractivity contribution is 5.81. The maximum Gasteiger partial charge on any atom is 0.0594 e. The second kappa shape index (κ2) is 9.41. The number of morpholine rings is 1. The molecular weight excluding hydrogens is 392 g/mol. The zero-order valence-corrected chi connectivity index (χ0v) is 20.6. The average Bonchev–Trinajstić information content (AvgIpc) is 2.79. The van der Waals surface area contributed by atoms with Crippen molar-refractivity contribution in [2.75, 3.05) is 44.7 Å². The van der Waals surface area contributed by atoms with Crippen LogP contribution in [0.5, 0.6) is 0 Å². The van der Waals surface area contributed by atoms with Crippen molar-refractivity contribution in [2.45, 2.75) is 58.3 Å². The minimum atomic E-state index is 0.246. The first-order valence-electron chi connectivity index (χ1n) is 12.2. The molecule has 0 bridgehead atoms. The van der Waals surface area contributed by atoms with Gasteiger partial charge in [-0.05, 0) is 70.6 Å². The molecule has 0 saturated carbocycles. The molecular formula is C29H40N2O. The van der Waals surface area contributed by atoms with Crippen LogP contribution < -0.4 is 5.32 Å². The average molecular weight is 433 g/mol. The maximum atomic E-state index is 5.42. The zero-order chi connectivity index (χ0) is 22.8. The summed E-state index contributed by atoms with van der Waals surface area (Å²) >= 11 is 0. The number of nitrogens with one attached hydrogen (secondary N) is 1. The highest BCUT2D eigenvalue weighted by Gasteiger charge is 2.36. The number of fused-ring (bicyclic) bond motifs is 1. The highest BCUT2D eigenvalue weighted by atomic mass is 16.5. The van der Waals surface area contributed by atoms with Crippen LogP contribution >= 0.6 is 0 Å². The smallest absolute Gasteiger partial charge is 0.0594 e. The molecule has 1 aliphatic heterocycles. The van der Waals surface area contributed by atoms with E-state index in [2.05, 4.69) is 93.4 Å². The molecule has 0 spiro atoms. The zero-order valence-electron chi connectivity index (χ0n) is 20.6. The molecule has 1 aliphatic carbocycles. The van der Waals surface area contributed by atoms with Crippen LogP contribution in [0, 0.1) is 0 Å². The normalized spacial score (nSPS) is 20.6. The van der Waals surface area contributed by atoms with Gasteiger partial charge in [0, 0.05) is 31.9 Å². The van der Waals surface area contributed by atoms with Crippen LogP contribution in [0.1, 0.15) is 69.7 Å². The molecule has 3 nitrogen and oxygen atoms in total. The van der Waals surface area contributed by atoms with Crippen molar-refractivity contribution in [3.63, 3.8) is 0 Å². The lowest BCUT2D eigenvalue weighted by atomic mass is 9.63. The Morgan fingerprint density at radius 3 is 2.28 bits per heavy atom. The Kier molecular flexibility index (Phi) is 6.78. The number of nitrogens with zero attached hydrogens (tertiary/aromatic N) is 1. The Morgan fingerprint density at radius 1 is 0.938 bits per heavy atom. The van der Waals surface area contributed by atoms with Crippen LogP contribution in [-0.2, 0) is 15.6 Å². The van der Waals surface area contributed by atoms with Gasteiger partial charge in [0.2, 0.25) is 0 Å². The number of hydrogen-bond donors (Lipinski definition) is 1. The van der Waals surface area contributed by atoms with E-state index in [4.69, 9.17) is 4.74 Å². The summed E-state index contributed by atoms with van der Waals surface area (Å²) in [4.78, 5) is 2.46. The summed E-state index contributed by atoms with van der Waals surface area (Å²) in [6.45, 7) is 17.6. The van der Waals surface area contributed by atoms with Gasteiger partial charge < -0.3 is 10.1 Å². The predicted octanol–water partition coefficient (Wildman–Crippen LogP) is 6.34. The van der Waals surface area contributed by atoms with E-state index >= 15 is 0 Å². The second-order valence-corrected chi connectivity index (χ2v) is 10.9. The third-order valence-electron chi connectivity index (χ3n) is 7.46. The summed E-state index contributed by atoms with van der Waals surface area (Å²) in [5.41, 5.74) is 8.66. The third kappa shape index (κ3) is 5.27. The Balaban J connectivity index is 1.42. The second-order valence-electron chi connectivity index (χ2n) is 10.9. The van der Waals surface area contributed by atoms with Crippen molar-refractivity contribution >= 4 is 17.3 Å². The molecule has 1 saturated heterocycles. The summed E-state index contributed by atoms with van der Waals surface area (Å²) in [5, 5.41) is 3.55. The largest absolute Gasteiger partial charge is 0.384 e. The van der Waals surface area contributed by atoms with E-state index in [1.54, 1.807) is 0 Å². The standard InChI is InChI=1S/C29H40N2O/c1-22(24-8-11-26-27(21-24)29(4,5)13-12-28(26,2)3)20-23-6-9-25(10-7-23)30-14-15-31-16-18-32-19-17-31/h6-11,20-21,30H,12-19H2,1-5H3. The van der Waals surface area contributed by atoms with Crippen molar-refractivity contribution in [1.82, 2.24) is 4.90 Å². The van der Waals surface area contributed by atoms with Crippen LogP contribution in [-0.4, -0.2) is 44.3 Å². The monoisotopic (exact) mass is 432 g/mol. The SMILES string of the molecule is CC(=Cc1ccc(NCCN2CCOCC2)cc1)c1ccc2c(c1)C(C)(C)CCC2(C)C.